The van der Waals surface area contributed by atoms with Gasteiger partial charge in [-0.3, -0.25) is 0 Å². The first kappa shape index (κ1) is 3.67. The third-order valence-corrected chi connectivity index (χ3v) is 1.75. The van der Waals surface area contributed by atoms with Crippen LogP contribution in [-0.4, -0.2) is 9.38 Å². The van der Waals surface area contributed by atoms with E-state index in [1.807, 2.05) is 16.7 Å². The van der Waals surface area contributed by atoms with Gasteiger partial charge in [-0.1, -0.05) is 0 Å². The van der Waals surface area contributed by atoms with Gasteiger partial charge in [0, 0.05) is 17.8 Å². The number of fused-ring (bicyclic) bond motifs is 1. The Labute approximate surface area is 51.4 Å². The number of aromatic nitrogens is 2. The highest BCUT2D eigenvalue weighted by molar-refractivity contribution is 5.84. The number of nitrogens with zero attached hydrogens (tertiary/aromatic N) is 2. The molecule has 2 heteroatoms. The van der Waals surface area contributed by atoms with Crippen molar-refractivity contribution in [3.8, 4) is 0 Å². The average molecular weight is 116 g/mol. The molecule has 0 N–H and O–H groups in total. The fourth-order valence-electron chi connectivity index (χ4n) is 1.28. The molecule has 0 spiro atoms. The van der Waals surface area contributed by atoms with Gasteiger partial charge in [-0.2, -0.15) is 0 Å². The highest BCUT2D eigenvalue weighted by atomic mass is 15.0. The molecule has 0 amide bonds. The van der Waals surface area contributed by atoms with E-state index >= 15 is 0 Å². The minimum atomic E-state index is 1.06. The van der Waals surface area contributed by atoms with E-state index in [1.165, 1.54) is 5.39 Å². The predicted octanol–water partition coefficient (Wildman–Crippen LogP) is 1.36. The van der Waals surface area contributed by atoms with Crippen LogP contribution in [0.15, 0.2) is 24.5 Å². The molecule has 4 aromatic rings. The molecule has 0 aromatic carbocycles. The van der Waals surface area contributed by atoms with Crippen molar-refractivity contribution >= 4 is 16.6 Å². The summed E-state index contributed by atoms with van der Waals surface area (Å²) in [4.78, 5) is 4.27. The summed E-state index contributed by atoms with van der Waals surface area (Å²) in [5.74, 6) is 0. The first-order chi connectivity index (χ1) is 4.43. The van der Waals surface area contributed by atoms with E-state index in [0.29, 0.717) is 0 Å². The van der Waals surface area contributed by atoms with Crippen molar-refractivity contribution in [2.24, 2.45) is 0 Å². The number of hydrogen-bond donors (Lipinski definition) is 0. The summed E-state index contributed by atoms with van der Waals surface area (Å²) in [7, 11) is 0. The van der Waals surface area contributed by atoms with Gasteiger partial charge in [0.1, 0.15) is 5.65 Å². The van der Waals surface area contributed by atoms with Crippen molar-refractivity contribution in [3.63, 3.8) is 0 Å². The number of hydrogen-bond acceptors (Lipinski definition) is 1. The van der Waals surface area contributed by atoms with Crippen LogP contribution in [-0.2, 0) is 0 Å². The molecule has 4 bridgehead atoms. The van der Waals surface area contributed by atoms with E-state index in [1.54, 1.807) is 0 Å². The predicted molar refractivity (Wildman–Crippen MR) is 35.1 cm³/mol. The summed E-state index contributed by atoms with van der Waals surface area (Å²) in [5, 5.41) is 1.24. The topological polar surface area (TPSA) is 17.3 Å². The molecule has 0 saturated carbocycles. The summed E-state index contributed by atoms with van der Waals surface area (Å²) in [6.45, 7) is 0. The van der Waals surface area contributed by atoms with Gasteiger partial charge in [-0.15, -0.1) is 0 Å². The molecule has 0 saturated heterocycles. The molecule has 0 radical (unpaired) electrons. The monoisotopic (exact) mass is 116 g/mol. The van der Waals surface area contributed by atoms with Crippen molar-refractivity contribution in [3.05, 3.63) is 24.5 Å². The van der Waals surface area contributed by atoms with Crippen LogP contribution in [0, 0.1) is 0 Å². The smallest absolute Gasteiger partial charge is 0.137 e. The zero-order valence-corrected chi connectivity index (χ0v) is 4.70. The van der Waals surface area contributed by atoms with Crippen molar-refractivity contribution in [1.82, 2.24) is 9.38 Å². The highest BCUT2D eigenvalue weighted by Crippen LogP contribution is 2.19. The second kappa shape index (κ2) is 0.880. The zero-order valence-electron chi connectivity index (χ0n) is 4.70. The van der Waals surface area contributed by atoms with Gasteiger partial charge in [0.25, 0.3) is 0 Å². The Balaban J connectivity index is 3.02. The zero-order chi connectivity index (χ0) is 5.84. The van der Waals surface area contributed by atoms with E-state index < -0.39 is 0 Å². The number of imidazole rings is 1. The number of pyridine rings is 2. The van der Waals surface area contributed by atoms with Crippen LogP contribution in [0.3, 0.4) is 0 Å². The third-order valence-electron chi connectivity index (χ3n) is 1.75. The van der Waals surface area contributed by atoms with Gasteiger partial charge in [-0.25, -0.2) is 4.98 Å². The van der Waals surface area contributed by atoms with Crippen LogP contribution in [0.2, 0.25) is 0 Å². The van der Waals surface area contributed by atoms with E-state index in [4.69, 9.17) is 0 Å². The summed E-state index contributed by atoms with van der Waals surface area (Å²) in [6, 6.07) is 4.12. The second-order valence-electron chi connectivity index (χ2n) is 2.31. The Kier molecular flexibility index (Phi) is 0.358. The normalized spacial score (nSPS) is 12.4. The molecule has 4 rings (SSSR count). The van der Waals surface area contributed by atoms with Gasteiger partial charge in [0.15, 0.2) is 0 Å². The van der Waals surface area contributed by atoms with E-state index in [-0.39, 0.29) is 0 Å². The molecular weight excluding hydrogens is 112 g/mol. The van der Waals surface area contributed by atoms with Crippen molar-refractivity contribution in [2.45, 2.75) is 0 Å². The van der Waals surface area contributed by atoms with Crippen LogP contribution >= 0.6 is 0 Å². The SMILES string of the molecule is c1cc2nc3cn2cc13. The minimum Gasteiger partial charge on any atom is -0.306 e. The van der Waals surface area contributed by atoms with Gasteiger partial charge < -0.3 is 4.40 Å². The van der Waals surface area contributed by atoms with E-state index in [9.17, 15) is 0 Å². The molecular formula is C7H4N2. The fraction of sp³-hybridized carbons (Fsp3) is 0. The van der Waals surface area contributed by atoms with Gasteiger partial charge in [0.2, 0.25) is 0 Å². The molecule has 0 aliphatic heterocycles. The Bertz CT molecular complexity index is 355. The summed E-state index contributed by atoms with van der Waals surface area (Å²) >= 11 is 0. The molecule has 4 aromatic heterocycles. The maximum absolute atomic E-state index is 4.27. The molecule has 0 aliphatic rings. The Morgan fingerprint density at radius 1 is 1.22 bits per heavy atom. The van der Waals surface area contributed by atoms with Crippen molar-refractivity contribution in [1.29, 1.82) is 0 Å². The Morgan fingerprint density at radius 3 is 2.67 bits per heavy atom. The van der Waals surface area contributed by atoms with Crippen LogP contribution in [0.4, 0.5) is 0 Å². The molecule has 42 valence electrons. The first-order valence-corrected chi connectivity index (χ1v) is 2.93. The van der Waals surface area contributed by atoms with Crippen LogP contribution in [0.5, 0.6) is 0 Å². The fourth-order valence-corrected chi connectivity index (χ4v) is 1.28. The van der Waals surface area contributed by atoms with Crippen molar-refractivity contribution in [2.75, 3.05) is 0 Å². The van der Waals surface area contributed by atoms with Crippen LogP contribution < -0.4 is 0 Å². The van der Waals surface area contributed by atoms with Crippen LogP contribution in [0.25, 0.3) is 16.6 Å². The quantitative estimate of drug-likeness (QED) is 0.433. The largest absolute Gasteiger partial charge is 0.306 e. The highest BCUT2D eigenvalue weighted by Gasteiger charge is 2.04. The maximum Gasteiger partial charge on any atom is 0.137 e. The molecule has 0 fully saturated rings. The molecule has 2 nitrogen and oxygen atoms in total. The lowest BCUT2D eigenvalue weighted by Gasteiger charge is -1.91. The first-order valence-electron chi connectivity index (χ1n) is 2.93. The molecule has 4 heterocycles. The second-order valence-corrected chi connectivity index (χ2v) is 2.31. The Morgan fingerprint density at radius 2 is 2.22 bits per heavy atom. The molecule has 0 unspecified atom stereocenters. The standard InChI is InChI=1S/C7H4N2/c1-2-7-8-6-4-9(7)3-5(1)6/h1-4H. The van der Waals surface area contributed by atoms with E-state index in [0.717, 1.165) is 11.2 Å². The van der Waals surface area contributed by atoms with Crippen molar-refractivity contribution < 1.29 is 0 Å². The summed E-state index contributed by atoms with van der Waals surface area (Å²) in [6.07, 6.45) is 4.14. The van der Waals surface area contributed by atoms with Crippen LogP contribution in [0.1, 0.15) is 0 Å². The number of rotatable bonds is 0. The molecule has 0 aliphatic carbocycles. The summed E-state index contributed by atoms with van der Waals surface area (Å²) in [5.41, 5.74) is 2.17. The maximum atomic E-state index is 4.27. The minimum absolute atomic E-state index is 1.06. The average Bonchev–Trinajstić information content (AvgIpc) is 2.40. The third kappa shape index (κ3) is 0.262. The Hall–Kier alpha value is -1.31. The van der Waals surface area contributed by atoms with Gasteiger partial charge in [-0.05, 0) is 12.1 Å². The van der Waals surface area contributed by atoms with E-state index in [2.05, 4.69) is 17.2 Å². The lowest BCUT2D eigenvalue weighted by atomic mass is 10.3. The van der Waals surface area contributed by atoms with Gasteiger partial charge in [0.05, 0.1) is 5.52 Å². The van der Waals surface area contributed by atoms with Gasteiger partial charge >= 0.3 is 0 Å². The lowest BCUT2D eigenvalue weighted by molar-refractivity contribution is 1.21. The lowest BCUT2D eigenvalue weighted by Crippen LogP contribution is -1.81. The summed E-state index contributed by atoms with van der Waals surface area (Å²) < 4.78 is 2.05. The molecule has 9 heavy (non-hydrogen) atoms. The molecule has 0 atom stereocenters.